The van der Waals surface area contributed by atoms with Crippen molar-refractivity contribution < 1.29 is 14.0 Å². The molecule has 0 spiro atoms. The van der Waals surface area contributed by atoms with Gasteiger partial charge in [0.1, 0.15) is 5.82 Å². The topological polar surface area (TPSA) is 61.4 Å². The maximum atomic E-state index is 13.7. The van der Waals surface area contributed by atoms with Crippen molar-refractivity contribution in [3.8, 4) is 0 Å². The normalized spacial score (nSPS) is 19.8. The molecule has 0 aromatic heterocycles. The fourth-order valence-corrected chi connectivity index (χ4v) is 4.04. The smallest absolute Gasteiger partial charge is 0.317 e. The lowest BCUT2D eigenvalue weighted by molar-refractivity contribution is -0.127. The van der Waals surface area contributed by atoms with Gasteiger partial charge in [-0.05, 0) is 49.9 Å². The van der Waals surface area contributed by atoms with Crippen molar-refractivity contribution in [2.45, 2.75) is 39.2 Å². The number of amides is 3. The van der Waals surface area contributed by atoms with Gasteiger partial charge in [-0.1, -0.05) is 42.5 Å². The fourth-order valence-electron chi connectivity index (χ4n) is 4.04. The van der Waals surface area contributed by atoms with Crippen molar-refractivity contribution in [2.24, 2.45) is 5.92 Å². The second-order valence-electron chi connectivity index (χ2n) is 8.02. The number of likely N-dealkylation sites (tertiary alicyclic amines) is 1. The summed E-state index contributed by atoms with van der Waals surface area (Å²) in [7, 11) is 0. The van der Waals surface area contributed by atoms with E-state index in [9.17, 15) is 14.0 Å². The molecule has 0 saturated carbocycles. The van der Waals surface area contributed by atoms with Gasteiger partial charge in [-0.3, -0.25) is 4.79 Å². The van der Waals surface area contributed by atoms with Gasteiger partial charge in [0.15, 0.2) is 0 Å². The predicted octanol–water partition coefficient (Wildman–Crippen LogP) is 4.15. The minimum atomic E-state index is -0.331. The Morgan fingerprint density at radius 2 is 1.90 bits per heavy atom. The number of rotatable bonds is 5. The number of nitrogens with zero attached hydrogens (tertiary/aromatic N) is 1. The van der Waals surface area contributed by atoms with Crippen LogP contribution < -0.4 is 10.6 Å². The van der Waals surface area contributed by atoms with E-state index >= 15 is 0 Å². The lowest BCUT2D eigenvalue weighted by atomic mass is 9.83. The summed E-state index contributed by atoms with van der Waals surface area (Å²) in [6.07, 6.45) is 0.619. The average molecular weight is 412 g/mol. The summed E-state index contributed by atoms with van der Waals surface area (Å²) in [5.41, 5.74) is 2.56. The molecule has 2 aromatic rings. The molecule has 1 fully saturated rings. The Kier molecular flexibility index (Phi) is 7.08. The van der Waals surface area contributed by atoms with E-state index in [0.29, 0.717) is 31.6 Å². The molecule has 6 heteroatoms. The Hall–Kier alpha value is -2.89. The summed E-state index contributed by atoms with van der Waals surface area (Å²) in [6, 6.07) is 14.6. The van der Waals surface area contributed by atoms with E-state index in [1.165, 1.54) is 6.07 Å². The largest absolute Gasteiger partial charge is 0.349 e. The number of hydrogen-bond donors (Lipinski definition) is 2. The van der Waals surface area contributed by atoms with Crippen LogP contribution in [0, 0.1) is 18.7 Å². The van der Waals surface area contributed by atoms with Gasteiger partial charge in [0.2, 0.25) is 5.91 Å². The van der Waals surface area contributed by atoms with E-state index in [1.807, 2.05) is 50.2 Å². The van der Waals surface area contributed by atoms with E-state index in [0.717, 1.165) is 11.1 Å². The van der Waals surface area contributed by atoms with Gasteiger partial charge in [0, 0.05) is 25.6 Å². The first-order valence-corrected chi connectivity index (χ1v) is 10.5. The summed E-state index contributed by atoms with van der Waals surface area (Å²) >= 11 is 0. The number of urea groups is 1. The Bertz CT molecular complexity index is 887. The lowest BCUT2D eigenvalue weighted by Gasteiger charge is -2.38. The van der Waals surface area contributed by atoms with Crippen molar-refractivity contribution in [2.75, 3.05) is 19.6 Å². The van der Waals surface area contributed by atoms with Crippen molar-refractivity contribution in [3.05, 3.63) is 71.0 Å². The van der Waals surface area contributed by atoms with Crippen LogP contribution in [0.2, 0.25) is 0 Å². The molecule has 0 radical (unpaired) electrons. The number of aryl methyl sites for hydroxylation is 1. The highest BCUT2D eigenvalue weighted by atomic mass is 19.1. The Labute approximate surface area is 177 Å². The van der Waals surface area contributed by atoms with Crippen LogP contribution in [-0.2, 0) is 4.79 Å². The van der Waals surface area contributed by atoms with E-state index in [4.69, 9.17) is 0 Å². The van der Waals surface area contributed by atoms with E-state index in [1.54, 1.807) is 17.9 Å². The van der Waals surface area contributed by atoms with Crippen LogP contribution in [0.3, 0.4) is 0 Å². The van der Waals surface area contributed by atoms with Crippen LogP contribution >= 0.6 is 0 Å². The van der Waals surface area contributed by atoms with E-state index < -0.39 is 0 Å². The molecule has 5 nitrogen and oxygen atoms in total. The molecule has 2 aromatic carbocycles. The highest BCUT2D eigenvalue weighted by molar-refractivity contribution is 5.81. The highest BCUT2D eigenvalue weighted by Crippen LogP contribution is 2.32. The van der Waals surface area contributed by atoms with Crippen LogP contribution in [0.5, 0.6) is 0 Å². The maximum absolute atomic E-state index is 13.7. The Balaban J connectivity index is 1.78. The van der Waals surface area contributed by atoms with Crippen LogP contribution in [0.25, 0.3) is 0 Å². The van der Waals surface area contributed by atoms with Gasteiger partial charge >= 0.3 is 6.03 Å². The van der Waals surface area contributed by atoms with Crippen molar-refractivity contribution in [1.82, 2.24) is 15.5 Å². The van der Waals surface area contributed by atoms with Crippen LogP contribution in [-0.4, -0.2) is 36.5 Å². The fraction of sp³-hybridized carbons (Fsp3) is 0.417. The molecule has 0 bridgehead atoms. The number of nitrogens with one attached hydrogen (secondary N) is 2. The molecule has 1 aliphatic rings. The third-order valence-electron chi connectivity index (χ3n) is 5.75. The molecule has 1 aliphatic heterocycles. The predicted molar refractivity (Wildman–Crippen MR) is 116 cm³/mol. The molecule has 1 heterocycles. The monoisotopic (exact) mass is 411 g/mol. The van der Waals surface area contributed by atoms with Gasteiger partial charge in [-0.2, -0.15) is 0 Å². The number of piperidine rings is 1. The zero-order valence-corrected chi connectivity index (χ0v) is 17.8. The summed E-state index contributed by atoms with van der Waals surface area (Å²) in [4.78, 5) is 27.3. The second-order valence-corrected chi connectivity index (χ2v) is 8.02. The molecule has 0 aliphatic carbocycles. The van der Waals surface area contributed by atoms with Crippen molar-refractivity contribution >= 4 is 11.9 Å². The molecular weight excluding hydrogens is 381 g/mol. The number of carbonyl (C=O) groups is 2. The lowest BCUT2D eigenvalue weighted by Crippen LogP contribution is -2.51. The van der Waals surface area contributed by atoms with Gasteiger partial charge < -0.3 is 15.5 Å². The van der Waals surface area contributed by atoms with E-state index in [-0.39, 0.29) is 35.6 Å². The number of halogens is 1. The van der Waals surface area contributed by atoms with Crippen LogP contribution in [0.1, 0.15) is 48.9 Å². The van der Waals surface area contributed by atoms with Crippen molar-refractivity contribution in [3.63, 3.8) is 0 Å². The van der Waals surface area contributed by atoms with Crippen LogP contribution in [0.4, 0.5) is 9.18 Å². The molecular formula is C24H30FN3O2. The summed E-state index contributed by atoms with van der Waals surface area (Å²) < 4.78 is 13.7. The number of hydrogen-bond acceptors (Lipinski definition) is 2. The molecule has 2 N–H and O–H groups in total. The third kappa shape index (κ3) is 5.17. The van der Waals surface area contributed by atoms with Gasteiger partial charge in [0.25, 0.3) is 0 Å². The SMILES string of the molecule is CCNC(=O)N1CC(C(=O)NC(C)c2ccccc2)CC(c2ccc(F)c(C)c2)C1. The Morgan fingerprint density at radius 3 is 2.57 bits per heavy atom. The standard InChI is InChI=1S/C24H30FN3O2/c1-4-26-24(30)28-14-20(19-10-11-22(25)16(2)12-19)13-21(15-28)23(29)27-17(3)18-8-6-5-7-9-18/h5-12,17,20-21H,4,13-15H2,1-3H3,(H,26,30)(H,27,29). The first kappa shape index (κ1) is 21.8. The third-order valence-corrected chi connectivity index (χ3v) is 5.75. The Morgan fingerprint density at radius 1 is 1.17 bits per heavy atom. The molecule has 3 unspecified atom stereocenters. The minimum absolute atomic E-state index is 0.0246. The summed E-state index contributed by atoms with van der Waals surface area (Å²) in [5.74, 6) is -0.670. The number of carbonyl (C=O) groups excluding carboxylic acids is 2. The first-order chi connectivity index (χ1) is 14.4. The zero-order chi connectivity index (χ0) is 21.7. The van der Waals surface area contributed by atoms with Crippen LogP contribution in [0.15, 0.2) is 48.5 Å². The van der Waals surface area contributed by atoms with Gasteiger partial charge in [-0.25, -0.2) is 9.18 Å². The minimum Gasteiger partial charge on any atom is -0.349 e. The van der Waals surface area contributed by atoms with Gasteiger partial charge in [-0.15, -0.1) is 0 Å². The molecule has 3 amide bonds. The highest BCUT2D eigenvalue weighted by Gasteiger charge is 2.35. The summed E-state index contributed by atoms with van der Waals surface area (Å²) in [6.45, 7) is 6.96. The van der Waals surface area contributed by atoms with Gasteiger partial charge in [0.05, 0.1) is 12.0 Å². The molecule has 160 valence electrons. The molecule has 3 rings (SSSR count). The zero-order valence-electron chi connectivity index (χ0n) is 17.8. The molecule has 3 atom stereocenters. The molecule has 30 heavy (non-hydrogen) atoms. The maximum Gasteiger partial charge on any atom is 0.317 e. The average Bonchev–Trinajstić information content (AvgIpc) is 2.76. The molecule has 1 saturated heterocycles. The second kappa shape index (κ2) is 9.74. The first-order valence-electron chi connectivity index (χ1n) is 10.5. The number of benzene rings is 2. The van der Waals surface area contributed by atoms with Crippen molar-refractivity contribution in [1.29, 1.82) is 0 Å². The van der Waals surface area contributed by atoms with E-state index in [2.05, 4.69) is 10.6 Å². The quantitative estimate of drug-likeness (QED) is 0.777. The summed E-state index contributed by atoms with van der Waals surface area (Å²) in [5, 5.41) is 5.92.